The first-order chi connectivity index (χ1) is 9.09. The van der Waals surface area contributed by atoms with Crippen molar-refractivity contribution in [3.8, 4) is 0 Å². The Hall–Kier alpha value is -1.35. The SMILES string of the molecule is CC(C)C(NC(=O)[C@@H]1CNC[C@H]1C)c1ccccc1. The third kappa shape index (κ3) is 3.35. The van der Waals surface area contributed by atoms with E-state index in [-0.39, 0.29) is 17.9 Å². The van der Waals surface area contributed by atoms with Crippen LogP contribution in [0, 0.1) is 17.8 Å². The molecule has 2 N–H and O–H groups in total. The van der Waals surface area contributed by atoms with Crippen LogP contribution in [-0.2, 0) is 4.79 Å². The Morgan fingerprint density at radius 1 is 1.26 bits per heavy atom. The number of carbonyl (C=O) groups excluding carboxylic acids is 1. The molecule has 1 fully saturated rings. The maximum Gasteiger partial charge on any atom is 0.225 e. The summed E-state index contributed by atoms with van der Waals surface area (Å²) in [5.41, 5.74) is 1.18. The van der Waals surface area contributed by atoms with Crippen LogP contribution in [0.2, 0.25) is 0 Å². The summed E-state index contributed by atoms with van der Waals surface area (Å²) in [7, 11) is 0. The second-order valence-electron chi connectivity index (χ2n) is 5.88. The van der Waals surface area contributed by atoms with Gasteiger partial charge in [0.2, 0.25) is 5.91 Å². The molecule has 3 heteroatoms. The average Bonchev–Trinajstić information content (AvgIpc) is 2.82. The van der Waals surface area contributed by atoms with Gasteiger partial charge in [-0.2, -0.15) is 0 Å². The smallest absolute Gasteiger partial charge is 0.225 e. The first-order valence-electron chi connectivity index (χ1n) is 7.15. The van der Waals surface area contributed by atoms with Crippen LogP contribution in [0.5, 0.6) is 0 Å². The Balaban J connectivity index is 2.07. The van der Waals surface area contributed by atoms with E-state index in [2.05, 4.69) is 43.5 Å². The Bertz CT molecular complexity index is 416. The van der Waals surface area contributed by atoms with Crippen molar-refractivity contribution in [1.29, 1.82) is 0 Å². The van der Waals surface area contributed by atoms with Gasteiger partial charge in [-0.25, -0.2) is 0 Å². The van der Waals surface area contributed by atoms with E-state index in [4.69, 9.17) is 0 Å². The Morgan fingerprint density at radius 3 is 2.47 bits per heavy atom. The van der Waals surface area contributed by atoms with Crippen LogP contribution >= 0.6 is 0 Å². The van der Waals surface area contributed by atoms with Crippen molar-refractivity contribution >= 4 is 5.91 Å². The van der Waals surface area contributed by atoms with Gasteiger partial charge in [0.05, 0.1) is 12.0 Å². The van der Waals surface area contributed by atoms with E-state index in [1.54, 1.807) is 0 Å². The van der Waals surface area contributed by atoms with Crippen molar-refractivity contribution in [1.82, 2.24) is 10.6 Å². The van der Waals surface area contributed by atoms with Gasteiger partial charge in [0.15, 0.2) is 0 Å². The highest BCUT2D eigenvalue weighted by Gasteiger charge is 2.31. The zero-order valence-corrected chi connectivity index (χ0v) is 12.0. The van der Waals surface area contributed by atoms with Crippen LogP contribution in [0.1, 0.15) is 32.4 Å². The summed E-state index contributed by atoms with van der Waals surface area (Å²) in [6.07, 6.45) is 0. The molecule has 1 aliphatic heterocycles. The maximum atomic E-state index is 12.4. The Kier molecular flexibility index (Phi) is 4.59. The molecule has 0 bridgehead atoms. The molecule has 0 saturated carbocycles. The van der Waals surface area contributed by atoms with E-state index in [0.717, 1.165) is 13.1 Å². The normalized spacial score (nSPS) is 24.4. The molecule has 1 amide bonds. The third-order valence-electron chi connectivity index (χ3n) is 3.98. The molecule has 1 aromatic carbocycles. The first-order valence-corrected chi connectivity index (χ1v) is 7.15. The number of carbonyl (C=O) groups is 1. The van der Waals surface area contributed by atoms with E-state index in [9.17, 15) is 4.79 Å². The fourth-order valence-corrected chi connectivity index (χ4v) is 2.72. The quantitative estimate of drug-likeness (QED) is 0.872. The van der Waals surface area contributed by atoms with Crippen LogP contribution < -0.4 is 10.6 Å². The fraction of sp³-hybridized carbons (Fsp3) is 0.562. The number of amides is 1. The van der Waals surface area contributed by atoms with Crippen molar-refractivity contribution in [3.05, 3.63) is 35.9 Å². The van der Waals surface area contributed by atoms with Gasteiger partial charge in [-0.1, -0.05) is 51.1 Å². The molecule has 2 rings (SSSR count). The number of hydrogen-bond donors (Lipinski definition) is 2. The maximum absolute atomic E-state index is 12.4. The molecule has 0 spiro atoms. The molecule has 0 aliphatic carbocycles. The summed E-state index contributed by atoms with van der Waals surface area (Å²) >= 11 is 0. The Labute approximate surface area is 115 Å². The second kappa shape index (κ2) is 6.20. The molecule has 0 aromatic heterocycles. The highest BCUT2D eigenvalue weighted by Crippen LogP contribution is 2.23. The molecule has 1 unspecified atom stereocenters. The lowest BCUT2D eigenvalue weighted by Crippen LogP contribution is -2.38. The molecule has 104 valence electrons. The van der Waals surface area contributed by atoms with Gasteiger partial charge in [-0.15, -0.1) is 0 Å². The van der Waals surface area contributed by atoms with Gasteiger partial charge in [-0.3, -0.25) is 4.79 Å². The van der Waals surface area contributed by atoms with Gasteiger partial charge >= 0.3 is 0 Å². The molecule has 1 saturated heterocycles. The monoisotopic (exact) mass is 260 g/mol. The van der Waals surface area contributed by atoms with Crippen molar-refractivity contribution < 1.29 is 4.79 Å². The van der Waals surface area contributed by atoms with Gasteiger partial charge in [0.25, 0.3) is 0 Å². The zero-order valence-electron chi connectivity index (χ0n) is 12.0. The minimum Gasteiger partial charge on any atom is -0.349 e. The topological polar surface area (TPSA) is 41.1 Å². The third-order valence-corrected chi connectivity index (χ3v) is 3.98. The first kappa shape index (κ1) is 14.1. The molecular weight excluding hydrogens is 236 g/mol. The molecule has 1 heterocycles. The zero-order chi connectivity index (χ0) is 13.8. The van der Waals surface area contributed by atoms with E-state index in [1.165, 1.54) is 5.56 Å². The molecule has 1 aliphatic rings. The highest BCUT2D eigenvalue weighted by molar-refractivity contribution is 5.80. The lowest BCUT2D eigenvalue weighted by molar-refractivity contribution is -0.126. The highest BCUT2D eigenvalue weighted by atomic mass is 16.2. The van der Waals surface area contributed by atoms with Crippen LogP contribution in [0.15, 0.2) is 30.3 Å². The largest absolute Gasteiger partial charge is 0.349 e. The number of benzene rings is 1. The van der Waals surface area contributed by atoms with Crippen molar-refractivity contribution in [3.63, 3.8) is 0 Å². The van der Waals surface area contributed by atoms with Crippen LogP contribution in [-0.4, -0.2) is 19.0 Å². The number of nitrogens with one attached hydrogen (secondary N) is 2. The molecule has 0 radical (unpaired) electrons. The van der Waals surface area contributed by atoms with Gasteiger partial charge in [0, 0.05) is 6.54 Å². The van der Waals surface area contributed by atoms with Crippen molar-refractivity contribution in [2.75, 3.05) is 13.1 Å². The van der Waals surface area contributed by atoms with E-state index in [0.29, 0.717) is 11.8 Å². The standard InChI is InChI=1S/C16H24N2O/c1-11(2)15(13-7-5-4-6-8-13)18-16(19)14-10-17-9-12(14)3/h4-8,11-12,14-15,17H,9-10H2,1-3H3,(H,18,19)/t12-,14-,15?/m1/s1. The van der Waals surface area contributed by atoms with Gasteiger partial charge in [-0.05, 0) is 23.9 Å². The van der Waals surface area contributed by atoms with Crippen molar-refractivity contribution in [2.24, 2.45) is 17.8 Å². The number of rotatable bonds is 4. The molecular formula is C16H24N2O. The summed E-state index contributed by atoms with van der Waals surface area (Å²) in [6.45, 7) is 8.17. The van der Waals surface area contributed by atoms with Gasteiger partial charge < -0.3 is 10.6 Å². The predicted octanol–water partition coefficient (Wildman–Crippen LogP) is 2.36. The second-order valence-corrected chi connectivity index (χ2v) is 5.88. The number of hydrogen-bond acceptors (Lipinski definition) is 2. The summed E-state index contributed by atoms with van der Waals surface area (Å²) in [5.74, 6) is 1.09. The summed E-state index contributed by atoms with van der Waals surface area (Å²) in [5, 5.41) is 6.51. The lowest BCUT2D eigenvalue weighted by atomic mass is 9.93. The molecule has 3 atom stereocenters. The van der Waals surface area contributed by atoms with E-state index < -0.39 is 0 Å². The fourth-order valence-electron chi connectivity index (χ4n) is 2.72. The minimum atomic E-state index is 0.0986. The van der Waals surface area contributed by atoms with Crippen LogP contribution in [0.3, 0.4) is 0 Å². The van der Waals surface area contributed by atoms with Gasteiger partial charge in [0.1, 0.15) is 0 Å². The summed E-state index contributed by atoms with van der Waals surface area (Å²) in [4.78, 5) is 12.4. The minimum absolute atomic E-state index is 0.0986. The predicted molar refractivity (Wildman–Crippen MR) is 77.7 cm³/mol. The van der Waals surface area contributed by atoms with Crippen LogP contribution in [0.25, 0.3) is 0 Å². The van der Waals surface area contributed by atoms with Crippen molar-refractivity contribution in [2.45, 2.75) is 26.8 Å². The Morgan fingerprint density at radius 2 is 1.95 bits per heavy atom. The van der Waals surface area contributed by atoms with Crippen LogP contribution in [0.4, 0.5) is 0 Å². The lowest BCUT2D eigenvalue weighted by Gasteiger charge is -2.25. The average molecular weight is 260 g/mol. The molecule has 19 heavy (non-hydrogen) atoms. The summed E-state index contributed by atoms with van der Waals surface area (Å²) in [6, 6.07) is 10.3. The summed E-state index contributed by atoms with van der Waals surface area (Å²) < 4.78 is 0. The molecule has 3 nitrogen and oxygen atoms in total. The molecule has 1 aromatic rings. The van der Waals surface area contributed by atoms with E-state index >= 15 is 0 Å². The van der Waals surface area contributed by atoms with E-state index in [1.807, 2.05) is 18.2 Å².